The van der Waals surface area contributed by atoms with Crippen molar-refractivity contribution in [2.24, 2.45) is 0 Å². The first-order valence-electron chi connectivity index (χ1n) is 5.94. The molecule has 0 spiro atoms. The van der Waals surface area contributed by atoms with Crippen molar-refractivity contribution in [1.82, 2.24) is 0 Å². The van der Waals surface area contributed by atoms with Crippen LogP contribution in [-0.2, 0) is 0 Å². The van der Waals surface area contributed by atoms with Crippen LogP contribution in [0, 0.1) is 0 Å². The molecular weight excluding hydrogens is 278 g/mol. The van der Waals surface area contributed by atoms with Gasteiger partial charge >= 0.3 is 5.97 Å². The van der Waals surface area contributed by atoms with Gasteiger partial charge in [-0.25, -0.2) is 4.79 Å². The number of carbonyl (C=O) groups is 1. The monoisotopic (exact) mass is 291 g/mol. The highest BCUT2D eigenvalue weighted by Gasteiger charge is 2.17. The lowest BCUT2D eigenvalue weighted by molar-refractivity contribution is 0.0697. The first kappa shape index (κ1) is 14.2. The Balaban J connectivity index is 2.53. The van der Waals surface area contributed by atoms with E-state index < -0.39 is 5.97 Å². The molecule has 0 atom stereocenters. The summed E-state index contributed by atoms with van der Waals surface area (Å²) in [5.74, 6) is -0.356. The van der Waals surface area contributed by atoms with Gasteiger partial charge in [0.2, 0.25) is 0 Å². The summed E-state index contributed by atoms with van der Waals surface area (Å²) >= 11 is 5.86. The molecule has 0 aromatic heterocycles. The molecule has 0 saturated heterocycles. The molecule has 0 saturated carbocycles. The molecule has 2 rings (SSSR count). The average Bonchev–Trinajstić information content (AvgIpc) is 2.46. The van der Waals surface area contributed by atoms with Gasteiger partial charge in [0, 0.05) is 12.1 Å². The normalized spacial score (nSPS) is 10.2. The van der Waals surface area contributed by atoms with E-state index in [2.05, 4.69) is 0 Å². The first-order chi connectivity index (χ1) is 9.54. The lowest BCUT2D eigenvalue weighted by atomic mass is 10.1. The van der Waals surface area contributed by atoms with E-state index in [1.165, 1.54) is 6.07 Å². The lowest BCUT2D eigenvalue weighted by Crippen LogP contribution is -2.14. The predicted octanol–water partition coefficient (Wildman–Crippen LogP) is 3.81. The number of benzene rings is 2. The summed E-state index contributed by atoms with van der Waals surface area (Å²) < 4.78 is 5.30. The summed E-state index contributed by atoms with van der Waals surface area (Å²) in [6, 6.07) is 12.2. The number of aromatic carboxylic acids is 1. The maximum Gasteiger partial charge on any atom is 0.337 e. The Bertz CT molecular complexity index is 643. The van der Waals surface area contributed by atoms with Gasteiger partial charge in [0.15, 0.2) is 0 Å². The molecule has 1 N–H and O–H groups in total. The fourth-order valence-corrected chi connectivity index (χ4v) is 2.18. The smallest absolute Gasteiger partial charge is 0.337 e. The second-order valence-corrected chi connectivity index (χ2v) is 4.63. The molecule has 4 nitrogen and oxygen atoms in total. The van der Waals surface area contributed by atoms with Gasteiger partial charge in [-0.15, -0.1) is 0 Å². The lowest BCUT2D eigenvalue weighted by Gasteiger charge is -2.23. The molecule has 0 unspecified atom stereocenters. The third-order valence-electron chi connectivity index (χ3n) is 3.00. The number of carboxylic acids is 1. The van der Waals surface area contributed by atoms with Crippen molar-refractivity contribution in [3.8, 4) is 5.75 Å². The Labute approximate surface area is 122 Å². The molecule has 0 aliphatic heterocycles. The molecule has 0 aliphatic rings. The van der Waals surface area contributed by atoms with E-state index in [4.69, 9.17) is 16.3 Å². The van der Waals surface area contributed by atoms with E-state index in [1.807, 2.05) is 24.3 Å². The third-order valence-corrected chi connectivity index (χ3v) is 3.23. The van der Waals surface area contributed by atoms with Crippen LogP contribution < -0.4 is 9.64 Å². The predicted molar refractivity (Wildman–Crippen MR) is 79.5 cm³/mol. The third kappa shape index (κ3) is 2.70. The van der Waals surface area contributed by atoms with E-state index in [9.17, 15) is 9.90 Å². The van der Waals surface area contributed by atoms with Crippen LogP contribution in [0.3, 0.4) is 0 Å². The number of anilines is 2. The number of nitrogens with zero attached hydrogens (tertiary/aromatic N) is 1. The summed E-state index contributed by atoms with van der Waals surface area (Å²) in [6.07, 6.45) is 0. The molecule has 5 heteroatoms. The molecule has 104 valence electrons. The quantitative estimate of drug-likeness (QED) is 0.930. The van der Waals surface area contributed by atoms with Crippen molar-refractivity contribution in [1.29, 1.82) is 0 Å². The molecule has 0 aliphatic carbocycles. The number of para-hydroxylation sites is 2. The molecule has 0 radical (unpaired) electrons. The van der Waals surface area contributed by atoms with Gasteiger partial charge in [0.1, 0.15) is 5.75 Å². The van der Waals surface area contributed by atoms with Crippen LogP contribution in [0.2, 0.25) is 5.02 Å². The summed E-state index contributed by atoms with van der Waals surface area (Å²) in [5, 5.41) is 9.68. The minimum atomic E-state index is -1.02. The van der Waals surface area contributed by atoms with E-state index in [0.29, 0.717) is 16.5 Å². The summed E-state index contributed by atoms with van der Waals surface area (Å²) in [4.78, 5) is 13.1. The highest BCUT2D eigenvalue weighted by molar-refractivity contribution is 6.31. The standard InChI is InChI=1S/C15H14ClNO3/c1-17(13-5-3-4-6-14(13)20-2)12-8-7-10(16)9-11(12)15(18)19/h3-9H,1-2H3,(H,18,19). The average molecular weight is 292 g/mol. The zero-order valence-electron chi connectivity index (χ0n) is 11.1. The molecule has 20 heavy (non-hydrogen) atoms. The van der Waals surface area contributed by atoms with Crippen molar-refractivity contribution < 1.29 is 14.6 Å². The van der Waals surface area contributed by atoms with Crippen molar-refractivity contribution in [2.45, 2.75) is 0 Å². The maximum absolute atomic E-state index is 11.3. The number of methoxy groups -OCH3 is 1. The van der Waals surface area contributed by atoms with Gasteiger partial charge in [-0.2, -0.15) is 0 Å². The fourth-order valence-electron chi connectivity index (χ4n) is 2.01. The molecule has 0 amide bonds. The topological polar surface area (TPSA) is 49.8 Å². The Morgan fingerprint density at radius 3 is 2.55 bits per heavy atom. The second-order valence-electron chi connectivity index (χ2n) is 4.20. The first-order valence-corrected chi connectivity index (χ1v) is 6.32. The maximum atomic E-state index is 11.3. The van der Waals surface area contributed by atoms with Gasteiger partial charge in [0.25, 0.3) is 0 Å². The van der Waals surface area contributed by atoms with E-state index in [1.54, 1.807) is 31.2 Å². The van der Waals surface area contributed by atoms with Crippen LogP contribution in [0.4, 0.5) is 11.4 Å². The summed E-state index contributed by atoms with van der Waals surface area (Å²) in [5.41, 5.74) is 1.47. The van der Waals surface area contributed by atoms with Gasteiger partial charge < -0.3 is 14.7 Å². The highest BCUT2D eigenvalue weighted by atomic mass is 35.5. The second kappa shape index (κ2) is 5.84. The van der Waals surface area contributed by atoms with Crippen molar-refractivity contribution in [3.63, 3.8) is 0 Å². The van der Waals surface area contributed by atoms with Gasteiger partial charge in [-0.1, -0.05) is 23.7 Å². The number of hydrogen-bond acceptors (Lipinski definition) is 3. The SMILES string of the molecule is COc1ccccc1N(C)c1ccc(Cl)cc1C(=O)O. The molecule has 2 aromatic rings. The zero-order valence-corrected chi connectivity index (χ0v) is 11.9. The minimum Gasteiger partial charge on any atom is -0.495 e. The van der Waals surface area contributed by atoms with Crippen molar-refractivity contribution in [2.75, 3.05) is 19.1 Å². The van der Waals surface area contributed by atoms with E-state index in [0.717, 1.165) is 5.69 Å². The van der Waals surface area contributed by atoms with Crippen LogP contribution in [-0.4, -0.2) is 25.2 Å². The molecule has 2 aromatic carbocycles. The van der Waals surface area contributed by atoms with Gasteiger partial charge in [0.05, 0.1) is 24.0 Å². The van der Waals surface area contributed by atoms with Crippen LogP contribution in [0.15, 0.2) is 42.5 Å². The van der Waals surface area contributed by atoms with Crippen LogP contribution in [0.1, 0.15) is 10.4 Å². The van der Waals surface area contributed by atoms with Crippen LogP contribution in [0.5, 0.6) is 5.75 Å². The van der Waals surface area contributed by atoms with Crippen molar-refractivity contribution in [3.05, 3.63) is 53.1 Å². The van der Waals surface area contributed by atoms with Crippen molar-refractivity contribution >= 4 is 28.9 Å². The Hall–Kier alpha value is -2.20. The minimum absolute atomic E-state index is 0.144. The molecule has 0 heterocycles. The Kier molecular flexibility index (Phi) is 4.15. The number of carboxylic acid groups (broad SMARTS) is 1. The Morgan fingerprint density at radius 1 is 1.20 bits per heavy atom. The molecule has 0 bridgehead atoms. The highest BCUT2D eigenvalue weighted by Crippen LogP contribution is 2.34. The van der Waals surface area contributed by atoms with Gasteiger partial charge in [-0.05, 0) is 30.3 Å². The number of rotatable bonds is 4. The summed E-state index contributed by atoms with van der Waals surface area (Å²) in [6.45, 7) is 0. The van der Waals surface area contributed by atoms with E-state index >= 15 is 0 Å². The van der Waals surface area contributed by atoms with Crippen LogP contribution >= 0.6 is 11.6 Å². The largest absolute Gasteiger partial charge is 0.495 e. The van der Waals surface area contributed by atoms with E-state index in [-0.39, 0.29) is 5.56 Å². The number of ether oxygens (including phenoxy) is 1. The molecular formula is C15H14ClNO3. The van der Waals surface area contributed by atoms with Crippen LogP contribution in [0.25, 0.3) is 0 Å². The summed E-state index contributed by atoms with van der Waals surface area (Å²) in [7, 11) is 3.36. The number of halogens is 1. The fraction of sp³-hybridized carbons (Fsp3) is 0.133. The Morgan fingerprint density at radius 2 is 1.90 bits per heavy atom. The molecule has 0 fully saturated rings. The zero-order chi connectivity index (χ0) is 14.7. The number of hydrogen-bond donors (Lipinski definition) is 1. The van der Waals surface area contributed by atoms with Gasteiger partial charge in [-0.3, -0.25) is 0 Å².